The number of phenolic OH excluding ortho intramolecular Hbond substituents is 1. The first kappa shape index (κ1) is 24.3. The number of halogens is 1. The number of carbonyl (C=O) groups excluding carboxylic acids is 1. The first-order valence-corrected chi connectivity index (χ1v) is 11.3. The van der Waals surface area contributed by atoms with Crippen molar-refractivity contribution >= 4 is 17.6 Å². The lowest BCUT2D eigenvalue weighted by molar-refractivity contribution is -0.276. The quantitative estimate of drug-likeness (QED) is 0.325. The van der Waals surface area contributed by atoms with Crippen molar-refractivity contribution < 1.29 is 39.8 Å². The molecule has 4 rings (SSSR count). The summed E-state index contributed by atoms with van der Waals surface area (Å²) in [7, 11) is 1.38. The monoisotopic (exact) mass is 482 g/mol. The molecule has 3 aliphatic carbocycles. The molecule has 0 aromatic heterocycles. The van der Waals surface area contributed by atoms with Gasteiger partial charge in [0.15, 0.2) is 0 Å². The Morgan fingerprint density at radius 1 is 1.24 bits per heavy atom. The summed E-state index contributed by atoms with van der Waals surface area (Å²) in [6.45, 7) is 6.54. The van der Waals surface area contributed by atoms with Gasteiger partial charge in [0, 0.05) is 23.0 Å². The lowest BCUT2D eigenvalue weighted by Gasteiger charge is -2.66. The first-order valence-electron chi connectivity index (χ1n) is 10.9. The van der Waals surface area contributed by atoms with E-state index in [4.69, 9.17) is 21.1 Å². The number of aliphatic hydroxyl groups excluding tert-OH is 2. The molecule has 9 heteroatoms. The molecule has 0 amide bonds. The van der Waals surface area contributed by atoms with Gasteiger partial charge >= 0.3 is 5.97 Å². The Morgan fingerprint density at radius 3 is 2.45 bits per heavy atom. The number of aromatic hydroxyl groups is 1. The van der Waals surface area contributed by atoms with Crippen LogP contribution in [0.3, 0.4) is 0 Å². The SMILES string of the molecule is COc1cc(O)c(C(=O)OCC2=C[C@]3(O)CC(C)(C)[C@H](O)C3[C@@]3(C)C[C@@H](O)[C@@]23O)c(C)c1Cl. The van der Waals surface area contributed by atoms with Crippen LogP contribution >= 0.6 is 11.6 Å². The Kier molecular flexibility index (Phi) is 5.39. The molecular formula is C24H31ClO8. The van der Waals surface area contributed by atoms with Crippen molar-refractivity contribution in [1.29, 1.82) is 0 Å². The molecule has 182 valence electrons. The van der Waals surface area contributed by atoms with Crippen LogP contribution in [-0.2, 0) is 4.74 Å². The van der Waals surface area contributed by atoms with Crippen LogP contribution in [0.2, 0.25) is 5.02 Å². The minimum absolute atomic E-state index is 0.143. The van der Waals surface area contributed by atoms with Crippen molar-refractivity contribution in [3.63, 3.8) is 0 Å². The van der Waals surface area contributed by atoms with E-state index in [1.807, 2.05) is 13.8 Å². The highest BCUT2D eigenvalue weighted by molar-refractivity contribution is 6.33. The van der Waals surface area contributed by atoms with Gasteiger partial charge in [-0.25, -0.2) is 4.79 Å². The number of carbonyl (C=O) groups is 1. The van der Waals surface area contributed by atoms with E-state index < -0.39 is 52.7 Å². The molecule has 0 spiro atoms. The fraction of sp³-hybridized carbons (Fsp3) is 0.625. The van der Waals surface area contributed by atoms with Crippen molar-refractivity contribution in [2.75, 3.05) is 13.7 Å². The average Bonchev–Trinajstić information content (AvgIpc) is 2.90. The van der Waals surface area contributed by atoms with E-state index in [1.54, 1.807) is 6.92 Å². The third-order valence-corrected chi connectivity index (χ3v) is 8.66. The van der Waals surface area contributed by atoms with E-state index in [0.29, 0.717) is 0 Å². The molecule has 5 N–H and O–H groups in total. The smallest absolute Gasteiger partial charge is 0.342 e. The van der Waals surface area contributed by atoms with Crippen LogP contribution in [0.4, 0.5) is 0 Å². The minimum atomic E-state index is -1.78. The molecule has 0 saturated heterocycles. The number of hydrogen-bond acceptors (Lipinski definition) is 8. The molecule has 33 heavy (non-hydrogen) atoms. The molecule has 8 nitrogen and oxygen atoms in total. The predicted octanol–water partition coefficient (Wildman–Crippen LogP) is 2.10. The number of rotatable bonds is 4. The van der Waals surface area contributed by atoms with Gasteiger partial charge in [0.2, 0.25) is 0 Å². The molecule has 2 fully saturated rings. The van der Waals surface area contributed by atoms with Gasteiger partial charge in [-0.1, -0.05) is 32.4 Å². The van der Waals surface area contributed by atoms with Crippen molar-refractivity contribution in [2.45, 2.75) is 63.9 Å². The topological polar surface area (TPSA) is 137 Å². The minimum Gasteiger partial charge on any atom is -0.507 e. The summed E-state index contributed by atoms with van der Waals surface area (Å²) in [5.41, 5.74) is -4.56. The van der Waals surface area contributed by atoms with Crippen LogP contribution in [-0.4, -0.2) is 68.6 Å². The Balaban J connectivity index is 1.68. The maximum Gasteiger partial charge on any atom is 0.342 e. The summed E-state index contributed by atoms with van der Waals surface area (Å²) in [6, 6.07) is 1.21. The summed E-state index contributed by atoms with van der Waals surface area (Å²) in [6.07, 6.45) is -0.172. The zero-order valence-corrected chi connectivity index (χ0v) is 20.1. The maximum atomic E-state index is 12.9. The highest BCUT2D eigenvalue weighted by Gasteiger charge is 2.76. The van der Waals surface area contributed by atoms with Crippen molar-refractivity contribution in [1.82, 2.24) is 0 Å². The van der Waals surface area contributed by atoms with Gasteiger partial charge in [-0.3, -0.25) is 0 Å². The van der Waals surface area contributed by atoms with Crippen molar-refractivity contribution in [3.8, 4) is 11.5 Å². The third-order valence-electron chi connectivity index (χ3n) is 8.19. The van der Waals surface area contributed by atoms with E-state index in [-0.39, 0.29) is 46.1 Å². The summed E-state index contributed by atoms with van der Waals surface area (Å²) in [5.74, 6) is -1.74. The average molecular weight is 483 g/mol. The van der Waals surface area contributed by atoms with E-state index in [1.165, 1.54) is 26.2 Å². The maximum absolute atomic E-state index is 12.9. The fourth-order valence-electron chi connectivity index (χ4n) is 6.54. The summed E-state index contributed by atoms with van der Waals surface area (Å²) in [4.78, 5) is 12.9. The molecule has 0 aliphatic heterocycles. The Bertz CT molecular complexity index is 1050. The van der Waals surface area contributed by atoms with Gasteiger partial charge in [0.05, 0.1) is 29.9 Å². The summed E-state index contributed by atoms with van der Waals surface area (Å²) >= 11 is 6.21. The van der Waals surface area contributed by atoms with Crippen LogP contribution in [0.5, 0.6) is 11.5 Å². The zero-order valence-electron chi connectivity index (χ0n) is 19.3. The van der Waals surface area contributed by atoms with Crippen LogP contribution < -0.4 is 4.74 Å². The van der Waals surface area contributed by atoms with E-state index >= 15 is 0 Å². The molecular weight excluding hydrogens is 452 g/mol. The van der Waals surface area contributed by atoms with E-state index in [9.17, 15) is 30.3 Å². The van der Waals surface area contributed by atoms with Gasteiger partial charge in [0.25, 0.3) is 0 Å². The number of esters is 1. The molecule has 0 bridgehead atoms. The first-order chi connectivity index (χ1) is 15.1. The highest BCUT2D eigenvalue weighted by Crippen LogP contribution is 2.69. The number of ether oxygens (including phenoxy) is 2. The van der Waals surface area contributed by atoms with Crippen LogP contribution in [0.25, 0.3) is 0 Å². The van der Waals surface area contributed by atoms with Gasteiger partial charge in [-0.2, -0.15) is 0 Å². The predicted molar refractivity (Wildman–Crippen MR) is 119 cm³/mol. The van der Waals surface area contributed by atoms with Crippen LogP contribution in [0.15, 0.2) is 17.7 Å². The number of phenols is 1. The summed E-state index contributed by atoms with van der Waals surface area (Å²) in [5, 5.41) is 55.0. The molecule has 6 atom stereocenters. The molecule has 1 aromatic carbocycles. The Morgan fingerprint density at radius 2 is 1.88 bits per heavy atom. The number of fused-ring (bicyclic) bond motifs is 3. The molecule has 2 saturated carbocycles. The number of methoxy groups -OCH3 is 1. The lowest BCUT2D eigenvalue weighted by atomic mass is 9.43. The second-order valence-electron chi connectivity index (χ2n) is 10.6. The lowest BCUT2D eigenvalue weighted by Crippen LogP contribution is -2.75. The molecule has 3 aliphatic rings. The van der Waals surface area contributed by atoms with Crippen LogP contribution in [0, 0.1) is 23.7 Å². The number of aliphatic hydroxyl groups is 4. The third kappa shape index (κ3) is 3.08. The molecule has 1 aromatic rings. The molecule has 0 radical (unpaired) electrons. The summed E-state index contributed by atoms with van der Waals surface area (Å²) < 4.78 is 10.5. The van der Waals surface area contributed by atoms with Crippen molar-refractivity contribution in [3.05, 3.63) is 33.9 Å². The largest absolute Gasteiger partial charge is 0.507 e. The van der Waals surface area contributed by atoms with Gasteiger partial charge in [-0.05, 0) is 36.8 Å². The van der Waals surface area contributed by atoms with E-state index in [2.05, 4.69) is 0 Å². The van der Waals surface area contributed by atoms with Gasteiger partial charge in [0.1, 0.15) is 29.3 Å². The van der Waals surface area contributed by atoms with Crippen LogP contribution in [0.1, 0.15) is 49.5 Å². The number of benzene rings is 1. The van der Waals surface area contributed by atoms with Gasteiger partial charge < -0.3 is 35.0 Å². The second-order valence-corrected chi connectivity index (χ2v) is 11.0. The number of hydrogen-bond donors (Lipinski definition) is 5. The fourth-order valence-corrected chi connectivity index (χ4v) is 6.77. The van der Waals surface area contributed by atoms with Gasteiger partial charge in [-0.15, -0.1) is 0 Å². The zero-order chi connectivity index (χ0) is 24.7. The van der Waals surface area contributed by atoms with Crippen molar-refractivity contribution in [2.24, 2.45) is 16.7 Å². The van der Waals surface area contributed by atoms with E-state index in [0.717, 1.165) is 0 Å². The normalized spacial score (nSPS) is 38.6. The molecule has 1 unspecified atom stereocenters. The second kappa shape index (κ2) is 7.33. The molecule has 0 heterocycles. The standard InChI is InChI=1S/C24H31ClO8/c1-11-16(13(26)6-14(32-5)17(11)25)20(29)33-9-12-7-23(30)10-21(2,3)19(28)18(23)22(4)8-15(27)24(12,22)31/h6-7,15,18-19,26-28,30-31H,8-10H2,1-5H3/t15-,18?,19-,22-,23+,24+/m1/s1. The Hall–Kier alpha value is -1.84. The Labute approximate surface area is 197 Å². The highest BCUT2D eigenvalue weighted by atomic mass is 35.5.